The van der Waals surface area contributed by atoms with E-state index in [0.717, 1.165) is 0 Å². The maximum absolute atomic E-state index is 4.05. The monoisotopic (exact) mass is 158 g/mol. The highest BCUT2D eigenvalue weighted by Gasteiger charge is 2.07. The zero-order chi connectivity index (χ0) is 8.39. The fourth-order valence-corrected chi connectivity index (χ4v) is 1.21. The van der Waals surface area contributed by atoms with E-state index in [4.69, 9.17) is 0 Å². The van der Waals surface area contributed by atoms with Gasteiger partial charge in [0.15, 0.2) is 0 Å². The molecule has 0 aliphatic carbocycles. The lowest BCUT2D eigenvalue weighted by atomic mass is 10.1. The standard InChI is InChI=1S/C10H10N2/c1-8-2-4-9(5-3-8)10-6-7-11-12-10/h2-7,10H,1H3. The summed E-state index contributed by atoms with van der Waals surface area (Å²) in [7, 11) is 0. The Hall–Kier alpha value is -1.44. The van der Waals surface area contributed by atoms with Gasteiger partial charge in [0.1, 0.15) is 6.04 Å². The Bertz CT molecular complexity index is 310. The molecule has 0 aromatic heterocycles. The van der Waals surface area contributed by atoms with Crippen LogP contribution in [0.25, 0.3) is 0 Å². The Morgan fingerprint density at radius 2 is 1.92 bits per heavy atom. The average molecular weight is 158 g/mol. The fraction of sp³-hybridized carbons (Fsp3) is 0.200. The van der Waals surface area contributed by atoms with Crippen molar-refractivity contribution < 1.29 is 0 Å². The first-order valence-corrected chi connectivity index (χ1v) is 3.99. The molecule has 0 radical (unpaired) electrons. The van der Waals surface area contributed by atoms with E-state index in [1.165, 1.54) is 11.1 Å². The van der Waals surface area contributed by atoms with Crippen LogP contribution in [0.1, 0.15) is 17.2 Å². The molecular weight excluding hydrogens is 148 g/mol. The number of benzene rings is 1. The van der Waals surface area contributed by atoms with Crippen molar-refractivity contribution in [2.45, 2.75) is 13.0 Å². The van der Waals surface area contributed by atoms with Gasteiger partial charge in [-0.05, 0) is 18.6 Å². The first kappa shape index (κ1) is 7.22. The summed E-state index contributed by atoms with van der Waals surface area (Å²) in [5.74, 6) is 0. The van der Waals surface area contributed by atoms with Crippen LogP contribution in [-0.4, -0.2) is 0 Å². The lowest BCUT2D eigenvalue weighted by molar-refractivity contribution is 0.880. The lowest BCUT2D eigenvalue weighted by Crippen LogP contribution is -1.87. The Morgan fingerprint density at radius 1 is 1.17 bits per heavy atom. The van der Waals surface area contributed by atoms with Gasteiger partial charge < -0.3 is 0 Å². The summed E-state index contributed by atoms with van der Waals surface area (Å²) >= 11 is 0. The number of rotatable bonds is 1. The predicted molar refractivity (Wildman–Crippen MR) is 47.9 cm³/mol. The third kappa shape index (κ3) is 1.28. The highest BCUT2D eigenvalue weighted by atomic mass is 15.1. The van der Waals surface area contributed by atoms with Gasteiger partial charge >= 0.3 is 0 Å². The molecule has 12 heavy (non-hydrogen) atoms. The molecule has 0 N–H and O–H groups in total. The van der Waals surface area contributed by atoms with Gasteiger partial charge in [-0.1, -0.05) is 29.8 Å². The van der Waals surface area contributed by atoms with Crippen LogP contribution >= 0.6 is 0 Å². The van der Waals surface area contributed by atoms with Gasteiger partial charge in [0.25, 0.3) is 0 Å². The molecule has 0 saturated carbocycles. The summed E-state index contributed by atoms with van der Waals surface area (Å²) in [6, 6.07) is 8.52. The summed E-state index contributed by atoms with van der Waals surface area (Å²) in [6.45, 7) is 2.08. The van der Waals surface area contributed by atoms with Gasteiger partial charge in [0.05, 0.1) is 0 Å². The predicted octanol–water partition coefficient (Wildman–Crippen LogP) is 3.02. The first-order chi connectivity index (χ1) is 5.86. The maximum atomic E-state index is 4.05. The number of hydrogen-bond acceptors (Lipinski definition) is 2. The second kappa shape index (κ2) is 2.89. The number of aryl methyl sites for hydroxylation is 1. The molecule has 0 bridgehead atoms. The zero-order valence-electron chi connectivity index (χ0n) is 6.94. The second-order valence-corrected chi connectivity index (χ2v) is 2.93. The van der Waals surface area contributed by atoms with Crippen molar-refractivity contribution in [3.8, 4) is 0 Å². The Labute approximate surface area is 71.6 Å². The number of azo groups is 1. The molecule has 1 aromatic carbocycles. The molecule has 1 aliphatic heterocycles. The van der Waals surface area contributed by atoms with Crippen LogP contribution in [0.5, 0.6) is 0 Å². The van der Waals surface area contributed by atoms with Gasteiger partial charge in [0.2, 0.25) is 0 Å². The second-order valence-electron chi connectivity index (χ2n) is 2.93. The molecule has 2 nitrogen and oxygen atoms in total. The SMILES string of the molecule is Cc1ccc(C2C=CN=N2)cc1. The summed E-state index contributed by atoms with van der Waals surface area (Å²) in [5.41, 5.74) is 2.48. The van der Waals surface area contributed by atoms with E-state index in [-0.39, 0.29) is 6.04 Å². The van der Waals surface area contributed by atoms with Crippen molar-refractivity contribution in [1.29, 1.82) is 0 Å². The van der Waals surface area contributed by atoms with E-state index in [1.54, 1.807) is 6.20 Å². The van der Waals surface area contributed by atoms with Crippen molar-refractivity contribution in [3.05, 3.63) is 47.7 Å². The molecule has 0 amide bonds. The summed E-state index contributed by atoms with van der Waals surface area (Å²) in [6.07, 6.45) is 3.73. The molecule has 0 spiro atoms. The third-order valence-corrected chi connectivity index (χ3v) is 1.94. The first-order valence-electron chi connectivity index (χ1n) is 3.99. The van der Waals surface area contributed by atoms with Crippen molar-refractivity contribution in [3.63, 3.8) is 0 Å². The highest BCUT2D eigenvalue weighted by Crippen LogP contribution is 2.23. The number of hydrogen-bond donors (Lipinski definition) is 0. The van der Waals surface area contributed by atoms with Crippen molar-refractivity contribution in [2.24, 2.45) is 10.2 Å². The van der Waals surface area contributed by atoms with Gasteiger partial charge in [-0.3, -0.25) is 0 Å². The van der Waals surface area contributed by atoms with Crippen molar-refractivity contribution in [1.82, 2.24) is 0 Å². The third-order valence-electron chi connectivity index (χ3n) is 1.94. The van der Waals surface area contributed by atoms with E-state index in [1.807, 2.05) is 6.08 Å². The molecule has 60 valence electrons. The summed E-state index contributed by atoms with van der Waals surface area (Å²) in [4.78, 5) is 0. The minimum atomic E-state index is 0.144. The van der Waals surface area contributed by atoms with Crippen LogP contribution in [0.15, 0.2) is 46.8 Å². The topological polar surface area (TPSA) is 24.7 Å². The average Bonchev–Trinajstić information content (AvgIpc) is 2.58. The molecule has 2 rings (SSSR count). The van der Waals surface area contributed by atoms with Crippen LogP contribution in [-0.2, 0) is 0 Å². The molecule has 0 fully saturated rings. The van der Waals surface area contributed by atoms with Crippen LogP contribution in [0, 0.1) is 6.92 Å². The summed E-state index contributed by atoms with van der Waals surface area (Å²) in [5, 5.41) is 7.86. The van der Waals surface area contributed by atoms with Crippen LogP contribution in [0.2, 0.25) is 0 Å². The fourth-order valence-electron chi connectivity index (χ4n) is 1.21. The van der Waals surface area contributed by atoms with E-state index >= 15 is 0 Å². The molecule has 1 heterocycles. The highest BCUT2D eigenvalue weighted by molar-refractivity contribution is 5.27. The molecule has 0 saturated heterocycles. The van der Waals surface area contributed by atoms with Gasteiger partial charge in [-0.25, -0.2) is 0 Å². The lowest BCUT2D eigenvalue weighted by Gasteiger charge is -2.02. The largest absolute Gasteiger partial charge is 0.177 e. The van der Waals surface area contributed by atoms with Gasteiger partial charge in [-0.2, -0.15) is 10.2 Å². The normalized spacial score (nSPS) is 20.2. The van der Waals surface area contributed by atoms with Gasteiger partial charge in [-0.15, -0.1) is 0 Å². The summed E-state index contributed by atoms with van der Waals surface area (Å²) < 4.78 is 0. The molecule has 1 aliphatic rings. The minimum Gasteiger partial charge on any atom is -0.177 e. The van der Waals surface area contributed by atoms with Crippen molar-refractivity contribution in [2.75, 3.05) is 0 Å². The van der Waals surface area contributed by atoms with E-state index in [2.05, 4.69) is 41.4 Å². The Kier molecular flexibility index (Phi) is 1.74. The smallest absolute Gasteiger partial charge is 0.116 e. The van der Waals surface area contributed by atoms with Crippen LogP contribution < -0.4 is 0 Å². The molecular formula is C10H10N2. The zero-order valence-corrected chi connectivity index (χ0v) is 6.94. The molecule has 1 aromatic rings. The number of nitrogens with zero attached hydrogens (tertiary/aromatic N) is 2. The van der Waals surface area contributed by atoms with Gasteiger partial charge in [0, 0.05) is 6.20 Å². The van der Waals surface area contributed by atoms with E-state index in [0.29, 0.717) is 0 Å². The van der Waals surface area contributed by atoms with Crippen LogP contribution in [0.3, 0.4) is 0 Å². The Morgan fingerprint density at radius 3 is 2.50 bits per heavy atom. The molecule has 1 unspecified atom stereocenters. The Balaban J connectivity index is 2.29. The molecule has 2 heteroatoms. The van der Waals surface area contributed by atoms with E-state index < -0.39 is 0 Å². The minimum absolute atomic E-state index is 0.144. The molecule has 1 atom stereocenters. The maximum Gasteiger partial charge on any atom is 0.116 e. The quantitative estimate of drug-likeness (QED) is 0.600. The van der Waals surface area contributed by atoms with Crippen LogP contribution in [0.4, 0.5) is 0 Å². The van der Waals surface area contributed by atoms with E-state index in [9.17, 15) is 0 Å². The van der Waals surface area contributed by atoms with Crippen molar-refractivity contribution >= 4 is 0 Å².